The molecule has 0 amide bonds. The molecule has 2 rings (SSSR count). The Morgan fingerprint density at radius 1 is 1.24 bits per heavy atom. The van der Waals surface area contributed by atoms with Gasteiger partial charge in [-0.15, -0.1) is 0 Å². The van der Waals surface area contributed by atoms with Crippen molar-refractivity contribution in [1.29, 1.82) is 5.41 Å². The highest BCUT2D eigenvalue weighted by Gasteiger charge is 2.11. The molecule has 0 aliphatic carbocycles. The van der Waals surface area contributed by atoms with Crippen molar-refractivity contribution in [3.05, 3.63) is 59.2 Å². The largest absolute Gasteiger partial charge is 0.497 e. The first-order chi connectivity index (χ1) is 10.0. The van der Waals surface area contributed by atoms with E-state index in [1.807, 2.05) is 50.4 Å². The summed E-state index contributed by atoms with van der Waals surface area (Å²) in [5.41, 5.74) is 9.66. The zero-order valence-corrected chi connectivity index (χ0v) is 12.7. The van der Waals surface area contributed by atoms with Gasteiger partial charge in [-0.25, -0.2) is 0 Å². The number of aryl methyl sites for hydroxylation is 1. The second kappa shape index (κ2) is 6.31. The maximum Gasteiger partial charge on any atom is 0.124 e. The molecule has 0 radical (unpaired) electrons. The third-order valence-electron chi connectivity index (χ3n) is 3.41. The third kappa shape index (κ3) is 3.54. The van der Waals surface area contributed by atoms with Crippen LogP contribution >= 0.6 is 0 Å². The van der Waals surface area contributed by atoms with E-state index in [-0.39, 0.29) is 5.84 Å². The molecule has 4 nitrogen and oxygen atoms in total. The zero-order valence-electron chi connectivity index (χ0n) is 12.7. The Hall–Kier alpha value is -2.49. The molecule has 0 heterocycles. The van der Waals surface area contributed by atoms with Crippen LogP contribution < -0.4 is 15.4 Å². The Kier molecular flexibility index (Phi) is 4.48. The second-order valence-corrected chi connectivity index (χ2v) is 5.14. The summed E-state index contributed by atoms with van der Waals surface area (Å²) in [5.74, 6) is 0.933. The molecule has 4 heteroatoms. The Morgan fingerprint density at radius 3 is 2.67 bits per heavy atom. The van der Waals surface area contributed by atoms with Crippen molar-refractivity contribution in [2.75, 3.05) is 19.1 Å². The van der Waals surface area contributed by atoms with E-state index in [0.29, 0.717) is 0 Å². The van der Waals surface area contributed by atoms with Crippen LogP contribution in [0, 0.1) is 12.3 Å². The Bertz CT molecular complexity index is 652. The van der Waals surface area contributed by atoms with Crippen LogP contribution in [0.3, 0.4) is 0 Å². The topological polar surface area (TPSA) is 62.3 Å². The average molecular weight is 283 g/mol. The first-order valence-electron chi connectivity index (χ1n) is 6.80. The molecular formula is C17H21N3O. The van der Waals surface area contributed by atoms with Crippen LogP contribution in [0.5, 0.6) is 5.75 Å². The van der Waals surface area contributed by atoms with Crippen LogP contribution in [0.1, 0.15) is 16.7 Å². The van der Waals surface area contributed by atoms with E-state index >= 15 is 0 Å². The first kappa shape index (κ1) is 14.9. The number of nitrogens with two attached hydrogens (primary N) is 1. The standard InChI is InChI=1S/C17H21N3O/c1-12-7-8-16(15(9-12)17(18)19)20(2)11-13-5-4-6-14(10-13)21-3/h4-10H,11H2,1-3H3,(H3,18,19). The normalized spacial score (nSPS) is 10.2. The number of nitrogens with one attached hydrogen (secondary N) is 1. The van der Waals surface area contributed by atoms with Crippen LogP contribution in [-0.4, -0.2) is 20.0 Å². The van der Waals surface area contributed by atoms with Gasteiger partial charge in [-0.05, 0) is 36.8 Å². The van der Waals surface area contributed by atoms with Gasteiger partial charge in [0.15, 0.2) is 0 Å². The molecular weight excluding hydrogens is 262 g/mol. The number of rotatable bonds is 5. The van der Waals surface area contributed by atoms with Gasteiger partial charge in [0.05, 0.1) is 7.11 Å². The summed E-state index contributed by atoms with van der Waals surface area (Å²) < 4.78 is 5.25. The summed E-state index contributed by atoms with van der Waals surface area (Å²) in [6, 6.07) is 14.0. The van der Waals surface area contributed by atoms with Crippen molar-refractivity contribution in [2.45, 2.75) is 13.5 Å². The fourth-order valence-corrected chi connectivity index (χ4v) is 2.33. The van der Waals surface area contributed by atoms with Gasteiger partial charge in [0.25, 0.3) is 0 Å². The summed E-state index contributed by atoms with van der Waals surface area (Å²) in [6.07, 6.45) is 0. The van der Waals surface area contributed by atoms with Crippen molar-refractivity contribution in [2.24, 2.45) is 5.73 Å². The number of nitrogens with zero attached hydrogens (tertiary/aromatic N) is 1. The van der Waals surface area contributed by atoms with Gasteiger partial charge >= 0.3 is 0 Å². The highest BCUT2D eigenvalue weighted by atomic mass is 16.5. The summed E-state index contributed by atoms with van der Waals surface area (Å²) >= 11 is 0. The molecule has 0 bridgehead atoms. The molecule has 21 heavy (non-hydrogen) atoms. The smallest absolute Gasteiger partial charge is 0.124 e. The van der Waals surface area contributed by atoms with Gasteiger partial charge in [0.1, 0.15) is 11.6 Å². The highest BCUT2D eigenvalue weighted by Crippen LogP contribution is 2.23. The number of hydrogen-bond donors (Lipinski definition) is 2. The van der Waals surface area contributed by atoms with Crippen LogP contribution in [0.25, 0.3) is 0 Å². The number of ether oxygens (including phenoxy) is 1. The lowest BCUT2D eigenvalue weighted by molar-refractivity contribution is 0.414. The van der Waals surface area contributed by atoms with Crippen LogP contribution in [0.4, 0.5) is 5.69 Å². The van der Waals surface area contributed by atoms with Crippen molar-refractivity contribution >= 4 is 11.5 Å². The molecule has 0 aliphatic heterocycles. The van der Waals surface area contributed by atoms with Gasteiger partial charge in [-0.2, -0.15) is 0 Å². The van der Waals surface area contributed by atoms with Crippen LogP contribution in [-0.2, 0) is 6.54 Å². The Labute approximate surface area is 125 Å². The lowest BCUT2D eigenvalue weighted by atomic mass is 10.1. The molecule has 2 aromatic carbocycles. The minimum Gasteiger partial charge on any atom is -0.497 e. The minimum absolute atomic E-state index is 0.0891. The molecule has 110 valence electrons. The molecule has 0 saturated carbocycles. The monoisotopic (exact) mass is 283 g/mol. The summed E-state index contributed by atoms with van der Waals surface area (Å²) in [5, 5.41) is 7.74. The predicted octanol–water partition coefficient (Wildman–Crippen LogP) is 2.92. The Balaban J connectivity index is 2.27. The van der Waals surface area contributed by atoms with Gasteiger partial charge < -0.3 is 15.4 Å². The summed E-state index contributed by atoms with van der Waals surface area (Å²) in [4.78, 5) is 2.09. The molecule has 0 saturated heterocycles. The average Bonchev–Trinajstić information content (AvgIpc) is 2.47. The van der Waals surface area contributed by atoms with Crippen molar-refractivity contribution in [1.82, 2.24) is 0 Å². The lowest BCUT2D eigenvalue weighted by Gasteiger charge is -2.23. The second-order valence-electron chi connectivity index (χ2n) is 5.14. The molecule has 0 fully saturated rings. The molecule has 0 aromatic heterocycles. The number of anilines is 1. The van der Waals surface area contributed by atoms with E-state index in [9.17, 15) is 0 Å². The van der Waals surface area contributed by atoms with Gasteiger partial charge in [-0.1, -0.05) is 23.8 Å². The molecule has 0 spiro atoms. The fraction of sp³-hybridized carbons (Fsp3) is 0.235. The number of amidine groups is 1. The van der Waals surface area contributed by atoms with Gasteiger partial charge in [0, 0.05) is 24.8 Å². The zero-order chi connectivity index (χ0) is 15.4. The maximum absolute atomic E-state index is 7.74. The highest BCUT2D eigenvalue weighted by molar-refractivity contribution is 6.00. The molecule has 0 atom stereocenters. The predicted molar refractivity (Wildman–Crippen MR) is 87.3 cm³/mol. The first-order valence-corrected chi connectivity index (χ1v) is 6.80. The van der Waals surface area contributed by atoms with Crippen LogP contribution in [0.2, 0.25) is 0 Å². The van der Waals surface area contributed by atoms with E-state index in [0.717, 1.165) is 34.7 Å². The van der Waals surface area contributed by atoms with E-state index in [4.69, 9.17) is 15.9 Å². The third-order valence-corrected chi connectivity index (χ3v) is 3.41. The van der Waals surface area contributed by atoms with E-state index in [1.54, 1.807) is 7.11 Å². The molecule has 0 unspecified atom stereocenters. The minimum atomic E-state index is 0.0891. The van der Waals surface area contributed by atoms with Gasteiger partial charge in [0.2, 0.25) is 0 Å². The van der Waals surface area contributed by atoms with Gasteiger partial charge in [-0.3, -0.25) is 5.41 Å². The van der Waals surface area contributed by atoms with E-state index in [2.05, 4.69) is 11.0 Å². The quantitative estimate of drug-likeness (QED) is 0.655. The van der Waals surface area contributed by atoms with Crippen molar-refractivity contribution in [3.63, 3.8) is 0 Å². The van der Waals surface area contributed by atoms with E-state index in [1.165, 1.54) is 0 Å². The molecule has 3 N–H and O–H groups in total. The molecule has 2 aromatic rings. The SMILES string of the molecule is COc1cccc(CN(C)c2ccc(C)cc2C(=N)N)c1. The number of methoxy groups -OCH3 is 1. The maximum atomic E-state index is 7.74. The van der Waals surface area contributed by atoms with E-state index < -0.39 is 0 Å². The summed E-state index contributed by atoms with van der Waals surface area (Å²) in [7, 11) is 3.66. The molecule has 0 aliphatic rings. The Morgan fingerprint density at radius 2 is 2.00 bits per heavy atom. The lowest BCUT2D eigenvalue weighted by Crippen LogP contribution is -2.22. The fourth-order valence-electron chi connectivity index (χ4n) is 2.33. The summed E-state index contributed by atoms with van der Waals surface area (Å²) in [6.45, 7) is 2.72. The van der Waals surface area contributed by atoms with Crippen molar-refractivity contribution < 1.29 is 4.74 Å². The van der Waals surface area contributed by atoms with Crippen LogP contribution in [0.15, 0.2) is 42.5 Å². The number of nitrogen functional groups attached to an aromatic ring is 1. The number of benzene rings is 2. The van der Waals surface area contributed by atoms with Crippen molar-refractivity contribution in [3.8, 4) is 5.75 Å². The number of hydrogen-bond acceptors (Lipinski definition) is 3.